The Bertz CT molecular complexity index is 439. The highest BCUT2D eigenvalue weighted by molar-refractivity contribution is 5.37. The van der Waals surface area contributed by atoms with Crippen LogP contribution in [0.3, 0.4) is 0 Å². The number of nitrogens with zero attached hydrogens (tertiary/aromatic N) is 1. The molecule has 0 unspecified atom stereocenters. The van der Waals surface area contributed by atoms with Crippen LogP contribution >= 0.6 is 0 Å². The zero-order valence-corrected chi connectivity index (χ0v) is 14.0. The second-order valence-corrected chi connectivity index (χ2v) is 6.54. The van der Waals surface area contributed by atoms with Gasteiger partial charge in [-0.15, -0.1) is 0 Å². The lowest BCUT2D eigenvalue weighted by Crippen LogP contribution is -2.28. The number of ether oxygens (including phenoxy) is 1. The fraction of sp³-hybridized carbons (Fsp3) is 0.667. The molecule has 0 aliphatic heterocycles. The average Bonchev–Trinajstić information content (AvgIpc) is 2.99. The van der Waals surface area contributed by atoms with E-state index in [4.69, 9.17) is 4.74 Å². The van der Waals surface area contributed by atoms with E-state index in [0.717, 1.165) is 24.9 Å². The maximum Gasteiger partial charge on any atom is 0.123 e. The standard InChI is InChI=1S/C18H30N2O/c1-14(2)19-12-15-9-10-18(21-4)16(11-15)13-20(3)17-7-5-6-8-17/h9-11,14,17,19H,5-8,12-13H2,1-4H3. The molecule has 0 spiro atoms. The van der Waals surface area contributed by atoms with E-state index in [2.05, 4.69) is 49.3 Å². The summed E-state index contributed by atoms with van der Waals surface area (Å²) >= 11 is 0. The maximum atomic E-state index is 5.54. The van der Waals surface area contributed by atoms with Crippen molar-refractivity contribution in [2.24, 2.45) is 0 Å². The molecule has 1 aliphatic rings. The van der Waals surface area contributed by atoms with Crippen molar-refractivity contribution < 1.29 is 4.74 Å². The number of nitrogens with one attached hydrogen (secondary N) is 1. The molecular formula is C18H30N2O. The van der Waals surface area contributed by atoms with Crippen molar-refractivity contribution in [2.45, 2.75) is 64.7 Å². The van der Waals surface area contributed by atoms with Crippen LogP contribution < -0.4 is 10.1 Å². The molecule has 1 aromatic rings. The van der Waals surface area contributed by atoms with Gasteiger partial charge in [-0.05, 0) is 37.6 Å². The number of benzene rings is 1. The summed E-state index contributed by atoms with van der Waals surface area (Å²) in [6.45, 7) is 6.25. The molecular weight excluding hydrogens is 260 g/mol. The SMILES string of the molecule is COc1ccc(CNC(C)C)cc1CN(C)C1CCCC1. The molecule has 0 bridgehead atoms. The highest BCUT2D eigenvalue weighted by Gasteiger charge is 2.20. The lowest BCUT2D eigenvalue weighted by Gasteiger charge is -2.25. The largest absolute Gasteiger partial charge is 0.496 e. The molecule has 21 heavy (non-hydrogen) atoms. The van der Waals surface area contributed by atoms with E-state index < -0.39 is 0 Å². The quantitative estimate of drug-likeness (QED) is 0.831. The third kappa shape index (κ3) is 4.72. The van der Waals surface area contributed by atoms with E-state index in [1.54, 1.807) is 7.11 Å². The second kappa shape index (κ2) is 7.81. The molecule has 0 atom stereocenters. The minimum absolute atomic E-state index is 0.511. The number of hydrogen-bond acceptors (Lipinski definition) is 3. The average molecular weight is 290 g/mol. The van der Waals surface area contributed by atoms with Crippen LogP contribution in [-0.4, -0.2) is 31.1 Å². The van der Waals surface area contributed by atoms with E-state index in [1.807, 2.05) is 0 Å². The first kappa shape index (κ1) is 16.3. The summed E-state index contributed by atoms with van der Waals surface area (Å²) in [5.74, 6) is 1.01. The summed E-state index contributed by atoms with van der Waals surface area (Å²) in [6, 6.07) is 7.81. The Morgan fingerprint density at radius 1 is 1.29 bits per heavy atom. The van der Waals surface area contributed by atoms with Gasteiger partial charge in [0.05, 0.1) is 7.11 Å². The Morgan fingerprint density at radius 3 is 2.62 bits per heavy atom. The molecule has 118 valence electrons. The van der Waals surface area contributed by atoms with Gasteiger partial charge in [0.25, 0.3) is 0 Å². The van der Waals surface area contributed by atoms with Crippen molar-refractivity contribution in [1.29, 1.82) is 0 Å². The van der Waals surface area contributed by atoms with Gasteiger partial charge < -0.3 is 10.1 Å². The molecule has 3 heteroatoms. The van der Waals surface area contributed by atoms with Crippen molar-refractivity contribution in [1.82, 2.24) is 10.2 Å². The lowest BCUT2D eigenvalue weighted by atomic mass is 10.1. The third-order valence-electron chi connectivity index (χ3n) is 4.43. The molecule has 0 saturated heterocycles. The van der Waals surface area contributed by atoms with Crippen LogP contribution in [0.1, 0.15) is 50.7 Å². The predicted octanol–water partition coefficient (Wildman–Crippen LogP) is 3.57. The Balaban J connectivity index is 2.05. The van der Waals surface area contributed by atoms with Gasteiger partial charge in [0.2, 0.25) is 0 Å². The number of rotatable bonds is 7. The van der Waals surface area contributed by atoms with E-state index in [1.165, 1.54) is 36.8 Å². The lowest BCUT2D eigenvalue weighted by molar-refractivity contribution is 0.234. The summed E-state index contributed by atoms with van der Waals surface area (Å²) in [5.41, 5.74) is 2.63. The van der Waals surface area contributed by atoms with Crippen LogP contribution in [0.5, 0.6) is 5.75 Å². The van der Waals surface area contributed by atoms with Crippen molar-refractivity contribution in [3.63, 3.8) is 0 Å². The van der Waals surface area contributed by atoms with E-state index in [0.29, 0.717) is 6.04 Å². The molecule has 0 heterocycles. The number of methoxy groups -OCH3 is 1. The third-order valence-corrected chi connectivity index (χ3v) is 4.43. The monoisotopic (exact) mass is 290 g/mol. The van der Waals surface area contributed by atoms with E-state index in [-0.39, 0.29) is 0 Å². The van der Waals surface area contributed by atoms with Gasteiger partial charge in [0.15, 0.2) is 0 Å². The molecule has 1 saturated carbocycles. The molecule has 0 radical (unpaired) electrons. The van der Waals surface area contributed by atoms with Crippen LogP contribution in [0.2, 0.25) is 0 Å². The van der Waals surface area contributed by atoms with Crippen molar-refractivity contribution in [3.8, 4) is 5.75 Å². The fourth-order valence-electron chi connectivity index (χ4n) is 3.13. The van der Waals surface area contributed by atoms with Crippen molar-refractivity contribution in [2.75, 3.05) is 14.2 Å². The van der Waals surface area contributed by atoms with Crippen molar-refractivity contribution >= 4 is 0 Å². The zero-order chi connectivity index (χ0) is 15.2. The van der Waals surface area contributed by atoms with Crippen molar-refractivity contribution in [3.05, 3.63) is 29.3 Å². The molecule has 1 N–H and O–H groups in total. The van der Waals surface area contributed by atoms with E-state index in [9.17, 15) is 0 Å². The van der Waals surface area contributed by atoms with Gasteiger partial charge in [0, 0.05) is 30.7 Å². The minimum atomic E-state index is 0.511. The van der Waals surface area contributed by atoms with Crippen LogP contribution in [0.25, 0.3) is 0 Å². The van der Waals surface area contributed by atoms with Crippen LogP contribution in [0, 0.1) is 0 Å². The van der Waals surface area contributed by atoms with Crippen LogP contribution in [-0.2, 0) is 13.1 Å². The Kier molecular flexibility index (Phi) is 6.07. The predicted molar refractivity (Wildman–Crippen MR) is 88.7 cm³/mol. The first-order valence-electron chi connectivity index (χ1n) is 8.19. The van der Waals surface area contributed by atoms with Gasteiger partial charge in [-0.3, -0.25) is 4.90 Å². The van der Waals surface area contributed by atoms with Gasteiger partial charge in [0.1, 0.15) is 5.75 Å². The summed E-state index contributed by atoms with van der Waals surface area (Å²) in [6.07, 6.45) is 5.44. The Labute approximate surface area is 129 Å². The van der Waals surface area contributed by atoms with E-state index >= 15 is 0 Å². The summed E-state index contributed by atoms with van der Waals surface area (Å²) in [7, 11) is 4.01. The minimum Gasteiger partial charge on any atom is -0.496 e. The summed E-state index contributed by atoms with van der Waals surface area (Å²) in [4.78, 5) is 2.49. The Hall–Kier alpha value is -1.06. The van der Waals surface area contributed by atoms with Crippen LogP contribution in [0.4, 0.5) is 0 Å². The number of hydrogen-bond donors (Lipinski definition) is 1. The highest BCUT2D eigenvalue weighted by Crippen LogP contribution is 2.27. The summed E-state index contributed by atoms with van der Waals surface area (Å²) < 4.78 is 5.54. The Morgan fingerprint density at radius 2 is 2.00 bits per heavy atom. The second-order valence-electron chi connectivity index (χ2n) is 6.54. The normalized spacial score (nSPS) is 16.1. The summed E-state index contributed by atoms with van der Waals surface area (Å²) in [5, 5.41) is 3.48. The molecule has 1 aliphatic carbocycles. The highest BCUT2D eigenvalue weighted by atomic mass is 16.5. The molecule has 1 aromatic carbocycles. The first-order chi connectivity index (χ1) is 10.1. The van der Waals surface area contributed by atoms with Gasteiger partial charge in [-0.1, -0.05) is 32.8 Å². The van der Waals surface area contributed by atoms with Gasteiger partial charge in [-0.2, -0.15) is 0 Å². The first-order valence-corrected chi connectivity index (χ1v) is 8.19. The zero-order valence-electron chi connectivity index (χ0n) is 14.0. The molecule has 3 nitrogen and oxygen atoms in total. The molecule has 2 rings (SSSR count). The molecule has 0 amide bonds. The fourth-order valence-corrected chi connectivity index (χ4v) is 3.13. The topological polar surface area (TPSA) is 24.5 Å². The molecule has 0 aromatic heterocycles. The van der Waals surface area contributed by atoms with Gasteiger partial charge >= 0.3 is 0 Å². The van der Waals surface area contributed by atoms with Gasteiger partial charge in [-0.25, -0.2) is 0 Å². The maximum absolute atomic E-state index is 5.54. The van der Waals surface area contributed by atoms with Crippen LogP contribution in [0.15, 0.2) is 18.2 Å². The smallest absolute Gasteiger partial charge is 0.123 e. The molecule has 1 fully saturated rings.